The molecule has 0 aliphatic heterocycles. The first-order valence-electron chi connectivity index (χ1n) is 4.18. The zero-order valence-corrected chi connectivity index (χ0v) is 7.16. The average Bonchev–Trinajstić information content (AvgIpc) is 2.84. The summed E-state index contributed by atoms with van der Waals surface area (Å²) >= 11 is 0. The molecular formula is C9H12N2O. The van der Waals surface area contributed by atoms with Crippen molar-refractivity contribution in [2.75, 3.05) is 6.61 Å². The smallest absolute Gasteiger partial charge is 0.316 e. The molecule has 12 heavy (non-hydrogen) atoms. The van der Waals surface area contributed by atoms with Gasteiger partial charge < -0.3 is 4.74 Å². The maximum atomic E-state index is 5.41. The van der Waals surface area contributed by atoms with Crippen LogP contribution in [0, 0.1) is 5.41 Å². The predicted molar refractivity (Wildman–Crippen MR) is 44.9 cm³/mol. The second-order valence-electron chi connectivity index (χ2n) is 3.63. The molecule has 1 aliphatic carbocycles. The van der Waals surface area contributed by atoms with E-state index in [1.807, 2.05) is 0 Å². The fourth-order valence-corrected chi connectivity index (χ4v) is 0.956. The summed E-state index contributed by atoms with van der Waals surface area (Å²) in [5, 5.41) is 0. The molecule has 64 valence electrons. The van der Waals surface area contributed by atoms with Crippen LogP contribution in [0.15, 0.2) is 18.5 Å². The Kier molecular flexibility index (Phi) is 1.71. The third-order valence-corrected chi connectivity index (χ3v) is 2.20. The zero-order chi connectivity index (χ0) is 8.44. The van der Waals surface area contributed by atoms with E-state index >= 15 is 0 Å². The Bertz CT molecular complexity index is 256. The number of aromatic nitrogens is 2. The third-order valence-electron chi connectivity index (χ3n) is 2.20. The molecule has 0 amide bonds. The lowest BCUT2D eigenvalue weighted by atomic mass is 10.2. The summed E-state index contributed by atoms with van der Waals surface area (Å²) in [7, 11) is 0. The fraction of sp³-hybridized carbons (Fsp3) is 0.556. The minimum absolute atomic E-state index is 0.402. The summed E-state index contributed by atoms with van der Waals surface area (Å²) in [5.41, 5.74) is 0.402. The van der Waals surface area contributed by atoms with E-state index in [1.54, 1.807) is 18.5 Å². The molecule has 0 bridgehead atoms. The summed E-state index contributed by atoms with van der Waals surface area (Å²) in [6.45, 7) is 2.97. The number of rotatable bonds is 3. The Morgan fingerprint density at radius 3 is 2.67 bits per heavy atom. The lowest BCUT2D eigenvalue weighted by molar-refractivity contribution is 0.229. The Labute approximate surface area is 71.8 Å². The van der Waals surface area contributed by atoms with Gasteiger partial charge in [0.2, 0.25) is 0 Å². The Hall–Kier alpha value is -1.12. The van der Waals surface area contributed by atoms with Gasteiger partial charge in [-0.1, -0.05) is 6.92 Å². The second kappa shape index (κ2) is 2.73. The van der Waals surface area contributed by atoms with Crippen molar-refractivity contribution >= 4 is 0 Å². The molecular weight excluding hydrogens is 152 g/mol. The molecule has 3 heteroatoms. The number of ether oxygens (including phenoxy) is 1. The van der Waals surface area contributed by atoms with Gasteiger partial charge in [-0.05, 0) is 18.9 Å². The summed E-state index contributed by atoms with van der Waals surface area (Å²) in [5.74, 6) is 0. The molecule has 1 fully saturated rings. The minimum Gasteiger partial charge on any atom is -0.463 e. The normalized spacial score (nSPS) is 18.8. The van der Waals surface area contributed by atoms with Crippen LogP contribution in [-0.2, 0) is 0 Å². The van der Waals surface area contributed by atoms with Crippen LogP contribution in [0.3, 0.4) is 0 Å². The average molecular weight is 164 g/mol. The molecule has 1 aromatic heterocycles. The van der Waals surface area contributed by atoms with Gasteiger partial charge in [0.25, 0.3) is 0 Å². The molecule has 1 aromatic rings. The van der Waals surface area contributed by atoms with Gasteiger partial charge in [0, 0.05) is 17.8 Å². The van der Waals surface area contributed by atoms with Gasteiger partial charge in [0.1, 0.15) is 0 Å². The first-order valence-corrected chi connectivity index (χ1v) is 4.18. The van der Waals surface area contributed by atoms with Crippen LogP contribution in [0.5, 0.6) is 6.01 Å². The lowest BCUT2D eigenvalue weighted by Gasteiger charge is -2.07. The summed E-state index contributed by atoms with van der Waals surface area (Å²) in [6.07, 6.45) is 5.91. The maximum absolute atomic E-state index is 5.41. The van der Waals surface area contributed by atoms with E-state index in [-0.39, 0.29) is 0 Å². The molecule has 2 rings (SSSR count). The molecule has 3 nitrogen and oxygen atoms in total. The van der Waals surface area contributed by atoms with Crippen molar-refractivity contribution in [1.29, 1.82) is 0 Å². The topological polar surface area (TPSA) is 35.0 Å². The molecule has 0 aromatic carbocycles. The van der Waals surface area contributed by atoms with Crippen LogP contribution in [0.25, 0.3) is 0 Å². The molecule has 1 heterocycles. The quantitative estimate of drug-likeness (QED) is 0.681. The van der Waals surface area contributed by atoms with Crippen LogP contribution in [0.4, 0.5) is 0 Å². The highest BCUT2D eigenvalue weighted by atomic mass is 16.5. The molecule has 0 radical (unpaired) electrons. The first-order chi connectivity index (χ1) is 5.79. The highest BCUT2D eigenvalue weighted by Gasteiger charge is 2.38. The van der Waals surface area contributed by atoms with E-state index in [2.05, 4.69) is 16.9 Å². The Morgan fingerprint density at radius 1 is 1.42 bits per heavy atom. The van der Waals surface area contributed by atoms with Gasteiger partial charge in [-0.25, -0.2) is 9.97 Å². The Balaban J connectivity index is 1.88. The van der Waals surface area contributed by atoms with Crippen LogP contribution >= 0.6 is 0 Å². The summed E-state index contributed by atoms with van der Waals surface area (Å²) in [4.78, 5) is 7.95. The highest BCUT2D eigenvalue weighted by Crippen LogP contribution is 2.44. The SMILES string of the molecule is CC1(COc2ncccn2)CC1. The number of hydrogen-bond donors (Lipinski definition) is 0. The summed E-state index contributed by atoms with van der Waals surface area (Å²) in [6, 6.07) is 2.27. The molecule has 0 spiro atoms. The van der Waals surface area contributed by atoms with Gasteiger partial charge in [-0.2, -0.15) is 0 Å². The van der Waals surface area contributed by atoms with Gasteiger partial charge >= 0.3 is 6.01 Å². The van der Waals surface area contributed by atoms with Gasteiger partial charge in [-0.15, -0.1) is 0 Å². The molecule has 0 saturated heterocycles. The third kappa shape index (κ3) is 1.72. The van der Waals surface area contributed by atoms with Crippen LogP contribution < -0.4 is 4.74 Å². The monoisotopic (exact) mass is 164 g/mol. The standard InChI is InChI=1S/C9H12N2O/c1-9(3-4-9)7-12-8-10-5-2-6-11-8/h2,5-6H,3-4,7H2,1H3. The Morgan fingerprint density at radius 2 is 2.08 bits per heavy atom. The lowest BCUT2D eigenvalue weighted by Crippen LogP contribution is -2.10. The van der Waals surface area contributed by atoms with Gasteiger partial charge in [0.05, 0.1) is 6.61 Å². The van der Waals surface area contributed by atoms with Crippen molar-refractivity contribution in [3.8, 4) is 6.01 Å². The largest absolute Gasteiger partial charge is 0.463 e. The zero-order valence-electron chi connectivity index (χ0n) is 7.16. The van der Waals surface area contributed by atoms with Crippen molar-refractivity contribution in [2.45, 2.75) is 19.8 Å². The molecule has 1 aliphatic rings. The van der Waals surface area contributed by atoms with Crippen molar-refractivity contribution in [3.63, 3.8) is 0 Å². The van der Waals surface area contributed by atoms with Gasteiger partial charge in [0.15, 0.2) is 0 Å². The van der Waals surface area contributed by atoms with E-state index < -0.39 is 0 Å². The molecule has 0 N–H and O–H groups in total. The number of hydrogen-bond acceptors (Lipinski definition) is 3. The fourth-order valence-electron chi connectivity index (χ4n) is 0.956. The van der Waals surface area contributed by atoms with Crippen LogP contribution in [0.1, 0.15) is 19.8 Å². The van der Waals surface area contributed by atoms with Crippen LogP contribution in [-0.4, -0.2) is 16.6 Å². The molecule has 0 atom stereocenters. The van der Waals surface area contributed by atoms with Crippen molar-refractivity contribution < 1.29 is 4.74 Å². The maximum Gasteiger partial charge on any atom is 0.316 e. The second-order valence-corrected chi connectivity index (χ2v) is 3.63. The van der Waals surface area contributed by atoms with E-state index in [4.69, 9.17) is 4.74 Å². The van der Waals surface area contributed by atoms with Crippen molar-refractivity contribution in [3.05, 3.63) is 18.5 Å². The van der Waals surface area contributed by atoms with Crippen molar-refractivity contribution in [2.24, 2.45) is 5.41 Å². The molecule has 1 saturated carbocycles. The minimum atomic E-state index is 0.402. The van der Waals surface area contributed by atoms with E-state index in [0.717, 1.165) is 6.61 Å². The van der Waals surface area contributed by atoms with E-state index in [0.29, 0.717) is 11.4 Å². The molecule has 0 unspecified atom stereocenters. The highest BCUT2D eigenvalue weighted by molar-refractivity contribution is 4.96. The van der Waals surface area contributed by atoms with E-state index in [9.17, 15) is 0 Å². The van der Waals surface area contributed by atoms with Gasteiger partial charge in [-0.3, -0.25) is 0 Å². The first kappa shape index (κ1) is 7.53. The summed E-state index contributed by atoms with van der Waals surface area (Å²) < 4.78 is 5.41. The van der Waals surface area contributed by atoms with E-state index in [1.165, 1.54) is 12.8 Å². The van der Waals surface area contributed by atoms with Crippen LogP contribution in [0.2, 0.25) is 0 Å². The predicted octanol–water partition coefficient (Wildman–Crippen LogP) is 1.66. The van der Waals surface area contributed by atoms with Crippen molar-refractivity contribution in [1.82, 2.24) is 9.97 Å². The number of nitrogens with zero attached hydrogens (tertiary/aromatic N) is 2.